The first kappa shape index (κ1) is 16.5. The van der Waals surface area contributed by atoms with Gasteiger partial charge in [0.25, 0.3) is 15.0 Å². The summed E-state index contributed by atoms with van der Waals surface area (Å²) in [5.74, 6) is 2.24. The fourth-order valence-corrected chi connectivity index (χ4v) is 2.67. The lowest BCUT2D eigenvalue weighted by atomic mass is 10.1. The molecule has 0 bridgehead atoms. The van der Waals surface area contributed by atoms with Crippen molar-refractivity contribution in [2.45, 2.75) is 25.2 Å². The van der Waals surface area contributed by atoms with Crippen LogP contribution in [0.15, 0.2) is 23.1 Å². The number of nitrogens with zero attached hydrogens (tertiary/aromatic N) is 1. The predicted molar refractivity (Wildman–Crippen MR) is 79.2 cm³/mol. The summed E-state index contributed by atoms with van der Waals surface area (Å²) in [4.78, 5) is 13.9. The van der Waals surface area contributed by atoms with Crippen LogP contribution in [0.2, 0.25) is 0 Å². The first-order valence-corrected chi connectivity index (χ1v) is 8.40. The van der Waals surface area contributed by atoms with Crippen molar-refractivity contribution in [2.24, 2.45) is 0 Å². The van der Waals surface area contributed by atoms with Gasteiger partial charge >= 0.3 is 0 Å². The van der Waals surface area contributed by atoms with Gasteiger partial charge in [-0.2, -0.15) is 0 Å². The lowest BCUT2D eigenvalue weighted by molar-refractivity contribution is 0.0776. The molecule has 0 unspecified atom stereocenters. The van der Waals surface area contributed by atoms with Gasteiger partial charge in [-0.05, 0) is 37.1 Å². The second-order valence-electron chi connectivity index (χ2n) is 4.35. The zero-order valence-corrected chi connectivity index (χ0v) is 13.0. The van der Waals surface area contributed by atoms with Crippen LogP contribution < -0.4 is 0 Å². The summed E-state index contributed by atoms with van der Waals surface area (Å²) in [6.07, 6.45) is 6.05. The number of amides is 1. The fourth-order valence-electron chi connectivity index (χ4n) is 1.83. The fraction of sp³-hybridized carbons (Fsp3) is 0.357. The molecule has 20 heavy (non-hydrogen) atoms. The first-order chi connectivity index (χ1) is 9.31. The molecule has 108 valence electrons. The molecule has 0 aliphatic heterocycles. The van der Waals surface area contributed by atoms with Crippen LogP contribution in [0.25, 0.3) is 0 Å². The van der Waals surface area contributed by atoms with Gasteiger partial charge in [-0.15, -0.1) is 6.42 Å². The van der Waals surface area contributed by atoms with Crippen molar-refractivity contribution in [1.82, 2.24) is 4.90 Å². The van der Waals surface area contributed by atoms with E-state index in [1.54, 1.807) is 11.8 Å². The Labute approximate surface area is 124 Å². The minimum atomic E-state index is -3.79. The quantitative estimate of drug-likeness (QED) is 0.619. The SMILES string of the molecule is C#CCN(CCC)C(=O)c1ccc(S(=O)(=O)Cl)cc1C. The van der Waals surface area contributed by atoms with E-state index in [0.717, 1.165) is 6.42 Å². The molecular formula is C14H16ClNO3S. The van der Waals surface area contributed by atoms with Crippen LogP contribution >= 0.6 is 10.7 Å². The maximum Gasteiger partial charge on any atom is 0.261 e. The van der Waals surface area contributed by atoms with Crippen molar-refractivity contribution in [3.8, 4) is 12.3 Å². The summed E-state index contributed by atoms with van der Waals surface area (Å²) in [6.45, 7) is 4.39. The van der Waals surface area contributed by atoms with E-state index in [1.165, 1.54) is 18.2 Å². The van der Waals surface area contributed by atoms with Crippen LogP contribution in [-0.2, 0) is 9.05 Å². The van der Waals surface area contributed by atoms with E-state index in [0.29, 0.717) is 17.7 Å². The van der Waals surface area contributed by atoms with E-state index in [2.05, 4.69) is 5.92 Å². The molecule has 1 aromatic rings. The lowest BCUT2D eigenvalue weighted by Gasteiger charge is -2.20. The smallest absolute Gasteiger partial charge is 0.261 e. The van der Waals surface area contributed by atoms with Crippen LogP contribution in [0.4, 0.5) is 0 Å². The van der Waals surface area contributed by atoms with Crippen molar-refractivity contribution < 1.29 is 13.2 Å². The molecule has 0 aliphatic rings. The highest BCUT2D eigenvalue weighted by Crippen LogP contribution is 2.20. The number of carbonyl (C=O) groups excluding carboxylic acids is 1. The second-order valence-corrected chi connectivity index (χ2v) is 6.91. The Morgan fingerprint density at radius 2 is 2.10 bits per heavy atom. The Morgan fingerprint density at radius 1 is 1.45 bits per heavy atom. The molecule has 1 rings (SSSR count). The second kappa shape index (κ2) is 6.78. The molecule has 0 radical (unpaired) electrons. The maximum atomic E-state index is 12.4. The van der Waals surface area contributed by atoms with Gasteiger partial charge in [-0.25, -0.2) is 8.42 Å². The monoisotopic (exact) mass is 313 g/mol. The minimum Gasteiger partial charge on any atom is -0.328 e. The van der Waals surface area contributed by atoms with E-state index < -0.39 is 9.05 Å². The van der Waals surface area contributed by atoms with Gasteiger partial charge in [0.1, 0.15) is 0 Å². The summed E-state index contributed by atoms with van der Waals surface area (Å²) in [7, 11) is 1.48. The van der Waals surface area contributed by atoms with Crippen LogP contribution in [0, 0.1) is 19.3 Å². The van der Waals surface area contributed by atoms with E-state index in [-0.39, 0.29) is 17.3 Å². The minimum absolute atomic E-state index is 0.0211. The molecular weight excluding hydrogens is 298 g/mol. The summed E-state index contributed by atoms with van der Waals surface area (Å²) in [5, 5.41) is 0. The van der Waals surface area contributed by atoms with Crippen molar-refractivity contribution in [3.05, 3.63) is 29.3 Å². The standard InChI is InChI=1S/C14H16ClNO3S/c1-4-8-16(9-5-2)14(17)13-7-6-12(10-11(13)3)20(15,18)19/h1,6-7,10H,5,8-9H2,2-3H3. The average Bonchev–Trinajstić information content (AvgIpc) is 2.36. The van der Waals surface area contributed by atoms with Crippen LogP contribution in [0.5, 0.6) is 0 Å². The highest BCUT2D eigenvalue weighted by atomic mass is 35.7. The van der Waals surface area contributed by atoms with Gasteiger partial charge in [0.15, 0.2) is 0 Å². The Balaban J connectivity index is 3.14. The molecule has 0 saturated heterocycles. The van der Waals surface area contributed by atoms with Gasteiger partial charge < -0.3 is 4.90 Å². The van der Waals surface area contributed by atoms with E-state index >= 15 is 0 Å². The lowest BCUT2D eigenvalue weighted by Crippen LogP contribution is -2.32. The van der Waals surface area contributed by atoms with Gasteiger partial charge in [-0.1, -0.05) is 12.8 Å². The molecule has 0 atom stereocenters. The third-order valence-electron chi connectivity index (χ3n) is 2.77. The molecule has 6 heteroatoms. The molecule has 0 N–H and O–H groups in total. The van der Waals surface area contributed by atoms with Gasteiger partial charge in [0.2, 0.25) is 0 Å². The highest BCUT2D eigenvalue weighted by Gasteiger charge is 2.18. The Hall–Kier alpha value is -1.51. The van der Waals surface area contributed by atoms with Gasteiger partial charge in [-0.3, -0.25) is 4.79 Å². The molecule has 1 aromatic carbocycles. The van der Waals surface area contributed by atoms with Gasteiger partial charge in [0, 0.05) is 22.8 Å². The van der Waals surface area contributed by atoms with Crippen molar-refractivity contribution in [1.29, 1.82) is 0 Å². The Bertz CT molecular complexity index is 647. The summed E-state index contributed by atoms with van der Waals surface area (Å²) >= 11 is 0. The van der Waals surface area contributed by atoms with E-state index in [1.807, 2.05) is 6.92 Å². The summed E-state index contributed by atoms with van der Waals surface area (Å²) in [6, 6.07) is 4.17. The molecule has 1 amide bonds. The van der Waals surface area contributed by atoms with E-state index in [9.17, 15) is 13.2 Å². The number of halogens is 1. The molecule has 0 aromatic heterocycles. The topological polar surface area (TPSA) is 54.5 Å². The number of carbonyl (C=O) groups is 1. The number of benzene rings is 1. The largest absolute Gasteiger partial charge is 0.328 e. The molecule has 0 heterocycles. The molecule has 4 nitrogen and oxygen atoms in total. The van der Waals surface area contributed by atoms with Crippen LogP contribution in [0.3, 0.4) is 0 Å². The predicted octanol–water partition coefficient (Wildman–Crippen LogP) is 2.41. The Morgan fingerprint density at radius 3 is 2.55 bits per heavy atom. The van der Waals surface area contributed by atoms with Crippen molar-refractivity contribution in [2.75, 3.05) is 13.1 Å². The number of hydrogen-bond donors (Lipinski definition) is 0. The summed E-state index contributed by atoms with van der Waals surface area (Å²) < 4.78 is 22.5. The number of hydrogen-bond acceptors (Lipinski definition) is 3. The summed E-state index contributed by atoms with van der Waals surface area (Å²) in [5.41, 5.74) is 0.979. The van der Waals surface area contributed by atoms with Crippen molar-refractivity contribution >= 4 is 25.6 Å². The van der Waals surface area contributed by atoms with Gasteiger partial charge in [0.05, 0.1) is 11.4 Å². The number of aryl methyl sites for hydroxylation is 1. The maximum absolute atomic E-state index is 12.4. The zero-order chi connectivity index (χ0) is 15.3. The molecule has 0 saturated carbocycles. The van der Waals surface area contributed by atoms with Crippen LogP contribution in [-0.4, -0.2) is 32.3 Å². The molecule has 0 spiro atoms. The van der Waals surface area contributed by atoms with E-state index in [4.69, 9.17) is 17.1 Å². The van der Waals surface area contributed by atoms with Crippen molar-refractivity contribution in [3.63, 3.8) is 0 Å². The number of terminal acetylenes is 1. The zero-order valence-electron chi connectivity index (χ0n) is 11.4. The van der Waals surface area contributed by atoms with Crippen LogP contribution in [0.1, 0.15) is 29.3 Å². The molecule has 0 aliphatic carbocycles. The number of rotatable bonds is 5. The first-order valence-electron chi connectivity index (χ1n) is 6.09. The average molecular weight is 314 g/mol. The Kier molecular flexibility index (Phi) is 5.61. The highest BCUT2D eigenvalue weighted by molar-refractivity contribution is 8.13. The molecule has 0 fully saturated rings. The third kappa shape index (κ3) is 3.99. The normalized spacial score (nSPS) is 10.9. The third-order valence-corrected chi connectivity index (χ3v) is 4.12.